The average Bonchev–Trinajstić information content (AvgIpc) is 2.87. The van der Waals surface area contributed by atoms with Crippen molar-refractivity contribution < 1.29 is 14.3 Å². The third-order valence-corrected chi connectivity index (χ3v) is 3.00. The van der Waals surface area contributed by atoms with E-state index in [9.17, 15) is 9.59 Å². The van der Waals surface area contributed by atoms with Gasteiger partial charge in [0.1, 0.15) is 0 Å². The number of amides is 1. The predicted molar refractivity (Wildman–Crippen MR) is 65.5 cm³/mol. The van der Waals surface area contributed by atoms with E-state index in [-0.39, 0.29) is 11.9 Å². The van der Waals surface area contributed by atoms with Gasteiger partial charge in [-0.05, 0) is 30.5 Å². The lowest BCUT2D eigenvalue weighted by molar-refractivity contribution is -0.143. The summed E-state index contributed by atoms with van der Waals surface area (Å²) in [4.78, 5) is 26.7. The van der Waals surface area contributed by atoms with Crippen molar-refractivity contribution in [3.05, 3.63) is 35.7 Å². The van der Waals surface area contributed by atoms with Gasteiger partial charge in [-0.2, -0.15) is 0 Å². The van der Waals surface area contributed by atoms with Crippen LogP contribution in [0.3, 0.4) is 0 Å². The summed E-state index contributed by atoms with van der Waals surface area (Å²) < 4.78 is 4.70. The minimum atomic E-state index is -0.484. The topological polar surface area (TPSA) is 82.3 Å². The van der Waals surface area contributed by atoms with Crippen LogP contribution in [-0.2, 0) is 9.53 Å². The van der Waals surface area contributed by atoms with Crippen LogP contribution in [0.2, 0.25) is 0 Å². The maximum absolute atomic E-state index is 11.4. The van der Waals surface area contributed by atoms with Crippen molar-refractivity contribution in [1.82, 2.24) is 4.98 Å². The van der Waals surface area contributed by atoms with Gasteiger partial charge < -0.3 is 10.5 Å². The molecule has 5 nitrogen and oxygen atoms in total. The zero-order chi connectivity index (χ0) is 13.1. The number of carbonyl (C=O) groups excluding carboxylic acids is 2. The highest BCUT2D eigenvalue weighted by atomic mass is 16.5. The molecule has 2 rings (SSSR count). The van der Waals surface area contributed by atoms with Gasteiger partial charge in [0.05, 0.1) is 18.7 Å². The molecule has 1 unspecified atom stereocenters. The molecule has 1 aliphatic rings. The van der Waals surface area contributed by atoms with Gasteiger partial charge in [-0.15, -0.1) is 0 Å². The number of rotatable bonds is 3. The normalized spacial score (nSPS) is 18.3. The molecule has 0 saturated heterocycles. The number of carbonyl (C=O) groups is 2. The van der Waals surface area contributed by atoms with Crippen molar-refractivity contribution in [3.63, 3.8) is 0 Å². The molecule has 2 N–H and O–H groups in total. The third-order valence-electron chi connectivity index (χ3n) is 3.00. The van der Waals surface area contributed by atoms with E-state index in [1.54, 1.807) is 18.3 Å². The van der Waals surface area contributed by atoms with E-state index in [2.05, 4.69) is 4.98 Å². The fourth-order valence-electron chi connectivity index (χ4n) is 2.03. The maximum Gasteiger partial charge on any atom is 0.312 e. The molecule has 0 aliphatic heterocycles. The van der Waals surface area contributed by atoms with Crippen molar-refractivity contribution in [1.29, 1.82) is 0 Å². The summed E-state index contributed by atoms with van der Waals surface area (Å²) in [6.45, 7) is 0. The summed E-state index contributed by atoms with van der Waals surface area (Å²) in [6.07, 6.45) is 4.85. The Hall–Kier alpha value is -2.17. The van der Waals surface area contributed by atoms with Crippen LogP contribution in [0.15, 0.2) is 24.4 Å². The van der Waals surface area contributed by atoms with Gasteiger partial charge in [-0.3, -0.25) is 14.6 Å². The first-order valence-electron chi connectivity index (χ1n) is 5.66. The largest absolute Gasteiger partial charge is 0.469 e. The number of primary amides is 1. The van der Waals surface area contributed by atoms with Crippen LogP contribution in [0, 0.1) is 5.92 Å². The smallest absolute Gasteiger partial charge is 0.312 e. The van der Waals surface area contributed by atoms with E-state index in [4.69, 9.17) is 10.5 Å². The van der Waals surface area contributed by atoms with Crippen molar-refractivity contribution in [2.45, 2.75) is 12.8 Å². The van der Waals surface area contributed by atoms with Crippen LogP contribution in [0.4, 0.5) is 0 Å². The molecule has 5 heteroatoms. The average molecular weight is 246 g/mol. The monoisotopic (exact) mass is 246 g/mol. The minimum absolute atomic E-state index is 0.218. The Balaban J connectivity index is 2.25. The molecule has 18 heavy (non-hydrogen) atoms. The molecule has 1 aromatic rings. The second kappa shape index (κ2) is 5.00. The SMILES string of the molecule is COC(=O)C1C=C(c2cc(C(N)=O)ccn2)CC1. The lowest BCUT2D eigenvalue weighted by Crippen LogP contribution is -2.11. The highest BCUT2D eigenvalue weighted by Gasteiger charge is 2.24. The molecule has 1 atom stereocenters. The summed E-state index contributed by atoms with van der Waals surface area (Å²) >= 11 is 0. The molecule has 1 aromatic heterocycles. The third kappa shape index (κ3) is 2.40. The first-order chi connectivity index (χ1) is 8.61. The number of aromatic nitrogens is 1. The van der Waals surface area contributed by atoms with Gasteiger partial charge in [0.2, 0.25) is 5.91 Å². The maximum atomic E-state index is 11.4. The Kier molecular flexibility index (Phi) is 3.41. The second-order valence-corrected chi connectivity index (χ2v) is 4.15. The molecule has 1 amide bonds. The number of allylic oxidation sites excluding steroid dienone is 1. The van der Waals surface area contributed by atoms with Crippen molar-refractivity contribution in [2.24, 2.45) is 11.7 Å². The number of methoxy groups -OCH3 is 1. The van der Waals surface area contributed by atoms with Crippen LogP contribution in [0.5, 0.6) is 0 Å². The van der Waals surface area contributed by atoms with Crippen LogP contribution >= 0.6 is 0 Å². The van der Waals surface area contributed by atoms with Gasteiger partial charge in [-0.1, -0.05) is 6.08 Å². The summed E-state index contributed by atoms with van der Waals surface area (Å²) in [5.41, 5.74) is 7.28. The van der Waals surface area contributed by atoms with E-state index >= 15 is 0 Å². The Labute approximate surface area is 105 Å². The van der Waals surface area contributed by atoms with Crippen LogP contribution in [0.1, 0.15) is 28.9 Å². The molecule has 0 spiro atoms. The second-order valence-electron chi connectivity index (χ2n) is 4.15. The summed E-state index contributed by atoms with van der Waals surface area (Å²) in [5.74, 6) is -0.943. The number of pyridine rings is 1. The fourth-order valence-corrected chi connectivity index (χ4v) is 2.03. The predicted octanol–water partition coefficient (Wildman–Crippen LogP) is 1.15. The molecule has 1 heterocycles. The Bertz CT molecular complexity index is 523. The van der Waals surface area contributed by atoms with E-state index in [0.717, 1.165) is 12.0 Å². The van der Waals surface area contributed by atoms with Crippen LogP contribution in [0.25, 0.3) is 5.57 Å². The number of nitrogens with two attached hydrogens (primary N) is 1. The molecular formula is C13H14N2O3. The quantitative estimate of drug-likeness (QED) is 0.811. The van der Waals surface area contributed by atoms with Gasteiger partial charge in [-0.25, -0.2) is 0 Å². The molecule has 0 aromatic carbocycles. The Morgan fingerprint density at radius 1 is 1.50 bits per heavy atom. The van der Waals surface area contributed by atoms with E-state index in [0.29, 0.717) is 17.7 Å². The highest BCUT2D eigenvalue weighted by molar-refractivity contribution is 5.93. The van der Waals surface area contributed by atoms with Gasteiger partial charge in [0, 0.05) is 11.8 Å². The number of nitrogens with zero attached hydrogens (tertiary/aromatic N) is 1. The first-order valence-corrected chi connectivity index (χ1v) is 5.66. The fraction of sp³-hybridized carbons (Fsp3) is 0.308. The first kappa shape index (κ1) is 12.3. The van der Waals surface area contributed by atoms with Crippen LogP contribution < -0.4 is 5.73 Å². The molecular weight excluding hydrogens is 232 g/mol. The Morgan fingerprint density at radius 3 is 2.94 bits per heavy atom. The molecule has 0 bridgehead atoms. The van der Waals surface area contributed by atoms with Crippen molar-refractivity contribution in [3.8, 4) is 0 Å². The molecule has 0 radical (unpaired) electrons. The zero-order valence-corrected chi connectivity index (χ0v) is 10.1. The van der Waals surface area contributed by atoms with E-state index in [1.165, 1.54) is 7.11 Å². The van der Waals surface area contributed by atoms with Crippen molar-refractivity contribution >= 4 is 17.4 Å². The molecule has 1 aliphatic carbocycles. The van der Waals surface area contributed by atoms with Crippen molar-refractivity contribution in [2.75, 3.05) is 7.11 Å². The van der Waals surface area contributed by atoms with Gasteiger partial charge in [0.15, 0.2) is 0 Å². The standard InChI is InChI=1S/C13H14N2O3/c1-18-13(17)10-3-2-8(6-10)11-7-9(12(14)16)4-5-15-11/h4-7,10H,2-3H2,1H3,(H2,14,16). The Morgan fingerprint density at radius 2 is 2.28 bits per heavy atom. The summed E-state index contributed by atoms with van der Waals surface area (Å²) in [7, 11) is 1.38. The lowest BCUT2D eigenvalue weighted by Gasteiger charge is -2.02. The highest BCUT2D eigenvalue weighted by Crippen LogP contribution is 2.31. The van der Waals surface area contributed by atoms with E-state index in [1.807, 2.05) is 6.08 Å². The minimum Gasteiger partial charge on any atom is -0.469 e. The number of hydrogen-bond donors (Lipinski definition) is 1. The van der Waals surface area contributed by atoms with E-state index < -0.39 is 5.91 Å². The van der Waals surface area contributed by atoms with Gasteiger partial charge in [0.25, 0.3) is 0 Å². The lowest BCUT2D eigenvalue weighted by atomic mass is 10.1. The molecule has 94 valence electrons. The molecule has 0 fully saturated rings. The number of esters is 1. The van der Waals surface area contributed by atoms with Gasteiger partial charge >= 0.3 is 5.97 Å². The summed E-state index contributed by atoms with van der Waals surface area (Å²) in [6, 6.07) is 3.22. The zero-order valence-electron chi connectivity index (χ0n) is 10.1. The summed E-state index contributed by atoms with van der Waals surface area (Å²) in [5, 5.41) is 0. The number of ether oxygens (including phenoxy) is 1. The van der Waals surface area contributed by atoms with Crippen LogP contribution in [-0.4, -0.2) is 24.0 Å². The number of hydrogen-bond acceptors (Lipinski definition) is 4. The molecule has 0 saturated carbocycles.